The zero-order valence-electron chi connectivity index (χ0n) is 4.06. The molecule has 1 aromatic heterocycles. The minimum Gasteiger partial charge on any atom is -0.425 e. The van der Waals surface area contributed by atoms with Crippen LogP contribution in [0.25, 0.3) is 0 Å². The third-order valence-electron chi connectivity index (χ3n) is 0.923. The van der Waals surface area contributed by atoms with Crippen LogP contribution in [-0.4, -0.2) is 9.97 Å². The van der Waals surface area contributed by atoms with Crippen LogP contribution >= 0.6 is 0 Å². The zero-order chi connectivity index (χ0) is 6.43. The molecule has 1 aromatic rings. The second kappa shape index (κ2) is 1.18. The Kier molecular flexibility index (Phi) is 0.602. The molecule has 46 valence electrons. The molecule has 9 heavy (non-hydrogen) atoms. The van der Waals surface area contributed by atoms with Gasteiger partial charge in [0.2, 0.25) is 5.75 Å². The fourth-order valence-electron chi connectivity index (χ4n) is 0.516. The van der Waals surface area contributed by atoms with E-state index in [9.17, 15) is 8.78 Å². The molecule has 0 unspecified atom stereocenters. The van der Waals surface area contributed by atoms with Crippen LogP contribution in [0.2, 0.25) is 0 Å². The van der Waals surface area contributed by atoms with E-state index in [-0.39, 0.29) is 11.6 Å². The predicted molar refractivity (Wildman–Crippen MR) is 22.0 cm³/mol. The lowest BCUT2D eigenvalue weighted by atomic mass is 10.7. The van der Waals surface area contributed by atoms with Gasteiger partial charge >= 0.3 is 6.08 Å². The monoisotopic (exact) mass is 130 g/mol. The van der Waals surface area contributed by atoms with Gasteiger partial charge in [-0.05, 0) is 0 Å². The van der Waals surface area contributed by atoms with Crippen LogP contribution < -0.4 is 4.74 Å². The maximum atomic E-state index is 12.1. The van der Waals surface area contributed by atoms with Crippen molar-refractivity contribution in [2.24, 2.45) is 0 Å². The minimum atomic E-state index is -1.09. The Morgan fingerprint density at radius 3 is 2.67 bits per heavy atom. The summed E-state index contributed by atoms with van der Waals surface area (Å²) in [7, 11) is 0. The molecular weight excluding hydrogens is 130 g/mol. The molecule has 2 heterocycles. The van der Waals surface area contributed by atoms with Gasteiger partial charge in [0.1, 0.15) is 0 Å². The number of hydrogen-bond donors (Lipinski definition) is 0. The van der Waals surface area contributed by atoms with Crippen LogP contribution in [0.3, 0.4) is 0 Å². The summed E-state index contributed by atoms with van der Waals surface area (Å²) in [5, 5.41) is 0. The summed E-state index contributed by atoms with van der Waals surface area (Å²) < 4.78 is 28.4. The molecule has 0 N–H and O–H groups in total. The summed E-state index contributed by atoms with van der Waals surface area (Å²) >= 11 is 0. The van der Waals surface area contributed by atoms with Gasteiger partial charge < -0.3 is 4.74 Å². The molecule has 0 amide bonds. The summed E-state index contributed by atoms with van der Waals surface area (Å²) in [6.45, 7) is 0. The Morgan fingerprint density at radius 1 is 1.22 bits per heavy atom. The van der Waals surface area contributed by atoms with E-state index >= 15 is 0 Å². The van der Waals surface area contributed by atoms with Gasteiger partial charge in [-0.25, -0.2) is 0 Å². The molecule has 0 fully saturated rings. The number of hydrogen-bond acceptors (Lipinski definition) is 3. The molecule has 0 spiro atoms. The molecule has 1 aliphatic rings. The molecule has 0 saturated carbocycles. The molecule has 0 bridgehead atoms. The topological polar surface area (TPSA) is 38.3 Å². The van der Waals surface area contributed by atoms with Crippen molar-refractivity contribution in [3.05, 3.63) is 12.0 Å². The van der Waals surface area contributed by atoms with Gasteiger partial charge in [0.15, 0.2) is 0 Å². The van der Waals surface area contributed by atoms with Crippen LogP contribution in [-0.2, 0) is 0 Å². The van der Waals surface area contributed by atoms with Crippen LogP contribution in [0.15, 0.2) is 0 Å². The summed E-state index contributed by atoms with van der Waals surface area (Å²) in [5.74, 6) is -0.978. The summed E-state index contributed by atoms with van der Waals surface area (Å²) in [6, 6.07) is 0. The maximum Gasteiger partial charge on any atom is 0.314 e. The lowest BCUT2D eigenvalue weighted by Gasteiger charge is -1.76. The second-order valence-corrected chi connectivity index (χ2v) is 1.52. The van der Waals surface area contributed by atoms with E-state index in [1.807, 2.05) is 0 Å². The Hall–Kier alpha value is -1.26. The Balaban J connectivity index is 2.67. The van der Waals surface area contributed by atoms with E-state index in [0.29, 0.717) is 0 Å². The number of fused-ring (bicyclic) bond motifs is 1. The highest BCUT2D eigenvalue weighted by molar-refractivity contribution is 5.46. The van der Waals surface area contributed by atoms with Crippen molar-refractivity contribution in [1.29, 1.82) is 0 Å². The Bertz CT molecular complexity index is 275. The number of nitrogens with zero attached hydrogens (tertiary/aromatic N) is 2. The second-order valence-electron chi connectivity index (χ2n) is 1.52. The first-order valence-corrected chi connectivity index (χ1v) is 2.18. The van der Waals surface area contributed by atoms with Crippen molar-refractivity contribution >= 4 is 0 Å². The zero-order valence-corrected chi connectivity index (χ0v) is 4.06. The van der Waals surface area contributed by atoms with Crippen molar-refractivity contribution in [2.75, 3.05) is 0 Å². The predicted octanol–water partition coefficient (Wildman–Crippen LogP) is 0.860. The number of aromatic nitrogens is 2. The van der Waals surface area contributed by atoms with Gasteiger partial charge in [-0.15, -0.1) is 0 Å². The van der Waals surface area contributed by atoms with Crippen molar-refractivity contribution in [1.82, 2.24) is 9.97 Å². The smallest absolute Gasteiger partial charge is 0.314 e. The normalized spacial score (nSPS) is 12.2. The molecule has 0 aliphatic carbocycles. The highest BCUT2D eigenvalue weighted by Gasteiger charge is 2.30. The van der Waals surface area contributed by atoms with Crippen molar-refractivity contribution < 1.29 is 13.5 Å². The largest absolute Gasteiger partial charge is 0.425 e. The molecule has 2 rings (SSSR count). The van der Waals surface area contributed by atoms with E-state index < -0.39 is 12.0 Å². The molecule has 1 aliphatic heterocycles. The highest BCUT2D eigenvalue weighted by Crippen LogP contribution is 2.43. The standard InChI is InChI=1S/C4F2N2O/c5-2-1-3(9-1)8-4(6)7-2. The third-order valence-corrected chi connectivity index (χ3v) is 0.923. The first kappa shape index (κ1) is 4.60. The quantitative estimate of drug-likeness (QED) is 0.301. The van der Waals surface area contributed by atoms with Crippen LogP contribution in [0.1, 0.15) is 0 Å². The van der Waals surface area contributed by atoms with Gasteiger partial charge in [-0.1, -0.05) is 0 Å². The first-order valence-electron chi connectivity index (χ1n) is 2.18. The van der Waals surface area contributed by atoms with E-state index in [2.05, 4.69) is 14.7 Å². The number of ether oxygens (including phenoxy) is 1. The van der Waals surface area contributed by atoms with Crippen molar-refractivity contribution in [2.45, 2.75) is 0 Å². The molecule has 0 saturated heterocycles. The van der Waals surface area contributed by atoms with Crippen LogP contribution in [0.5, 0.6) is 11.6 Å². The summed E-state index contributed by atoms with van der Waals surface area (Å²) in [5.41, 5.74) is 0. The van der Waals surface area contributed by atoms with Crippen LogP contribution in [0.4, 0.5) is 8.78 Å². The van der Waals surface area contributed by atoms with E-state index in [1.165, 1.54) is 0 Å². The lowest BCUT2D eigenvalue weighted by Crippen LogP contribution is -1.84. The van der Waals surface area contributed by atoms with Gasteiger partial charge in [0.25, 0.3) is 11.8 Å². The fraction of sp³-hybridized carbons (Fsp3) is 0. The van der Waals surface area contributed by atoms with Crippen molar-refractivity contribution in [3.8, 4) is 11.6 Å². The Labute approximate surface area is 48.3 Å². The average molecular weight is 130 g/mol. The van der Waals surface area contributed by atoms with E-state index in [4.69, 9.17) is 0 Å². The first-order chi connectivity index (χ1) is 4.27. The SMILES string of the molecule is Fc1nc(F)c2c(n1)O2. The molecule has 0 radical (unpaired) electrons. The molecular formula is C4F2N2O. The summed E-state index contributed by atoms with van der Waals surface area (Å²) in [4.78, 5) is 5.84. The third kappa shape index (κ3) is 0.540. The average Bonchev–Trinajstić information content (AvgIpc) is 2.43. The number of rotatable bonds is 0. The minimum absolute atomic E-state index is 0.000000000000000222. The fourth-order valence-corrected chi connectivity index (χ4v) is 0.516. The lowest BCUT2D eigenvalue weighted by molar-refractivity contribution is 0.489. The Morgan fingerprint density at radius 2 is 2.00 bits per heavy atom. The number of halogens is 2. The molecule has 0 aromatic carbocycles. The molecule has 0 atom stereocenters. The maximum absolute atomic E-state index is 12.1. The van der Waals surface area contributed by atoms with Gasteiger partial charge in [0, 0.05) is 0 Å². The van der Waals surface area contributed by atoms with Crippen LogP contribution in [0, 0.1) is 12.0 Å². The molecule has 3 nitrogen and oxygen atoms in total. The summed E-state index contributed by atoms with van der Waals surface area (Å²) in [6.07, 6.45) is -1.09. The highest BCUT2D eigenvalue weighted by atomic mass is 19.1. The van der Waals surface area contributed by atoms with E-state index in [1.54, 1.807) is 0 Å². The van der Waals surface area contributed by atoms with Gasteiger partial charge in [0.05, 0.1) is 0 Å². The van der Waals surface area contributed by atoms with Crippen molar-refractivity contribution in [3.63, 3.8) is 0 Å². The van der Waals surface area contributed by atoms with Gasteiger partial charge in [-0.2, -0.15) is 18.7 Å². The van der Waals surface area contributed by atoms with Gasteiger partial charge in [-0.3, -0.25) is 0 Å². The van der Waals surface area contributed by atoms with E-state index in [0.717, 1.165) is 0 Å². The molecule has 5 heteroatoms.